The van der Waals surface area contributed by atoms with Crippen LogP contribution in [0.15, 0.2) is 0 Å². The van der Waals surface area contributed by atoms with Gasteiger partial charge in [-0.1, -0.05) is 6.92 Å². The highest BCUT2D eigenvalue weighted by molar-refractivity contribution is 8.00. The highest BCUT2D eigenvalue weighted by atomic mass is 32.2. The van der Waals surface area contributed by atoms with Crippen LogP contribution in [0, 0.1) is 5.92 Å². The molecule has 0 aromatic carbocycles. The van der Waals surface area contributed by atoms with Crippen LogP contribution in [0.4, 0.5) is 0 Å². The molecule has 5 nitrogen and oxygen atoms in total. The quantitative estimate of drug-likeness (QED) is 0.761. The van der Waals surface area contributed by atoms with Crippen molar-refractivity contribution in [3.8, 4) is 0 Å². The summed E-state index contributed by atoms with van der Waals surface area (Å²) >= 11 is 1.51. The second-order valence-corrected chi connectivity index (χ2v) is 5.82. The molecule has 0 bridgehead atoms. The smallest absolute Gasteiger partial charge is 0.327 e. The number of carboxylic acids is 1. The van der Waals surface area contributed by atoms with Crippen molar-refractivity contribution < 1.29 is 14.7 Å². The molecule has 3 unspecified atom stereocenters. The Hall–Kier alpha value is -0.750. The molecule has 1 aliphatic rings. The van der Waals surface area contributed by atoms with E-state index in [0.717, 1.165) is 6.42 Å². The van der Waals surface area contributed by atoms with Crippen molar-refractivity contribution in [2.45, 2.75) is 38.1 Å². The standard InChI is InChI=1S/C11H20N2O3S/c1-7(5-12)3-4-10(14)13-8(2)17-6-9(13)11(15)16/h7-9H,3-6,12H2,1-2H3,(H,15,16). The summed E-state index contributed by atoms with van der Waals surface area (Å²) in [4.78, 5) is 24.5. The van der Waals surface area contributed by atoms with Gasteiger partial charge in [0, 0.05) is 12.2 Å². The van der Waals surface area contributed by atoms with Crippen molar-refractivity contribution in [1.29, 1.82) is 0 Å². The summed E-state index contributed by atoms with van der Waals surface area (Å²) in [5.74, 6) is -0.209. The van der Waals surface area contributed by atoms with Gasteiger partial charge >= 0.3 is 5.97 Å². The Bertz CT molecular complexity index is 298. The van der Waals surface area contributed by atoms with Gasteiger partial charge in [0.1, 0.15) is 6.04 Å². The van der Waals surface area contributed by atoms with Crippen LogP contribution in [-0.4, -0.2) is 45.6 Å². The fourth-order valence-corrected chi connectivity index (χ4v) is 3.02. The number of carbonyl (C=O) groups is 2. The predicted molar refractivity (Wildman–Crippen MR) is 67.6 cm³/mol. The first-order chi connectivity index (χ1) is 7.97. The van der Waals surface area contributed by atoms with Crippen LogP contribution < -0.4 is 5.73 Å². The van der Waals surface area contributed by atoms with E-state index in [9.17, 15) is 9.59 Å². The maximum Gasteiger partial charge on any atom is 0.327 e. The van der Waals surface area contributed by atoms with Gasteiger partial charge in [0.15, 0.2) is 0 Å². The Morgan fingerprint density at radius 3 is 2.76 bits per heavy atom. The molecule has 0 aromatic heterocycles. The number of thioether (sulfide) groups is 1. The summed E-state index contributed by atoms with van der Waals surface area (Å²) < 4.78 is 0. The first-order valence-electron chi connectivity index (χ1n) is 5.83. The second kappa shape index (κ2) is 6.26. The molecule has 1 amide bonds. The number of rotatable bonds is 5. The largest absolute Gasteiger partial charge is 0.480 e. The molecule has 3 atom stereocenters. The third-order valence-electron chi connectivity index (χ3n) is 3.05. The predicted octanol–water partition coefficient (Wildman–Crippen LogP) is 0.736. The Balaban J connectivity index is 2.56. The minimum absolute atomic E-state index is 0.0446. The van der Waals surface area contributed by atoms with Crippen LogP contribution in [-0.2, 0) is 9.59 Å². The average Bonchev–Trinajstić information content (AvgIpc) is 2.67. The molecular formula is C11H20N2O3S. The first kappa shape index (κ1) is 14.3. The monoisotopic (exact) mass is 260 g/mol. The van der Waals surface area contributed by atoms with Crippen molar-refractivity contribution in [3.63, 3.8) is 0 Å². The van der Waals surface area contributed by atoms with E-state index in [2.05, 4.69) is 0 Å². The van der Waals surface area contributed by atoms with E-state index >= 15 is 0 Å². The lowest BCUT2D eigenvalue weighted by Gasteiger charge is -2.25. The maximum absolute atomic E-state index is 12.0. The van der Waals surface area contributed by atoms with Gasteiger partial charge < -0.3 is 15.7 Å². The molecule has 1 saturated heterocycles. The molecule has 98 valence electrons. The second-order valence-electron chi connectivity index (χ2n) is 4.47. The van der Waals surface area contributed by atoms with Gasteiger partial charge in [0.25, 0.3) is 0 Å². The molecule has 1 fully saturated rings. The lowest BCUT2D eigenvalue weighted by Crippen LogP contribution is -2.44. The molecule has 6 heteroatoms. The number of nitrogens with zero attached hydrogens (tertiary/aromatic N) is 1. The van der Waals surface area contributed by atoms with E-state index in [1.807, 2.05) is 13.8 Å². The fourth-order valence-electron chi connectivity index (χ4n) is 1.83. The highest BCUT2D eigenvalue weighted by Gasteiger charge is 2.38. The Labute approximate surface area is 106 Å². The van der Waals surface area contributed by atoms with E-state index in [-0.39, 0.29) is 11.3 Å². The van der Waals surface area contributed by atoms with Crippen LogP contribution in [0.3, 0.4) is 0 Å². The summed E-state index contributed by atoms with van der Waals surface area (Å²) in [6, 6.07) is -0.671. The zero-order valence-electron chi connectivity index (χ0n) is 10.3. The van der Waals surface area contributed by atoms with E-state index in [0.29, 0.717) is 24.6 Å². The van der Waals surface area contributed by atoms with Crippen molar-refractivity contribution in [3.05, 3.63) is 0 Å². The molecule has 1 heterocycles. The summed E-state index contributed by atoms with van der Waals surface area (Å²) in [7, 11) is 0. The molecule has 0 aliphatic carbocycles. The van der Waals surface area contributed by atoms with Crippen molar-refractivity contribution >= 4 is 23.6 Å². The lowest BCUT2D eigenvalue weighted by molar-refractivity contribution is -0.149. The van der Waals surface area contributed by atoms with Gasteiger partial charge in [-0.3, -0.25) is 4.79 Å². The van der Waals surface area contributed by atoms with Gasteiger partial charge in [-0.05, 0) is 25.8 Å². The number of aliphatic carboxylic acids is 1. The molecule has 1 rings (SSSR count). The van der Waals surface area contributed by atoms with E-state index in [4.69, 9.17) is 10.8 Å². The third kappa shape index (κ3) is 3.61. The summed E-state index contributed by atoms with van der Waals surface area (Å²) in [6.45, 7) is 4.42. The molecule has 0 radical (unpaired) electrons. The van der Waals surface area contributed by atoms with Crippen molar-refractivity contribution in [2.75, 3.05) is 12.3 Å². The lowest BCUT2D eigenvalue weighted by atomic mass is 10.1. The number of hydrogen-bond donors (Lipinski definition) is 2. The van der Waals surface area contributed by atoms with Crippen molar-refractivity contribution in [1.82, 2.24) is 4.90 Å². The zero-order valence-corrected chi connectivity index (χ0v) is 11.1. The van der Waals surface area contributed by atoms with Crippen molar-refractivity contribution in [2.24, 2.45) is 11.7 Å². The van der Waals surface area contributed by atoms with E-state index in [1.165, 1.54) is 16.7 Å². The summed E-state index contributed by atoms with van der Waals surface area (Å²) in [6.07, 6.45) is 1.10. The average molecular weight is 260 g/mol. The van der Waals surface area contributed by atoms with Crippen LogP contribution in [0.25, 0.3) is 0 Å². The van der Waals surface area contributed by atoms with Crippen LogP contribution in [0.2, 0.25) is 0 Å². The van der Waals surface area contributed by atoms with Gasteiger partial charge in [0.2, 0.25) is 5.91 Å². The molecular weight excluding hydrogens is 240 g/mol. The van der Waals surface area contributed by atoms with Crippen LogP contribution in [0.5, 0.6) is 0 Å². The zero-order chi connectivity index (χ0) is 13.0. The molecule has 3 N–H and O–H groups in total. The topological polar surface area (TPSA) is 83.6 Å². The molecule has 0 saturated carbocycles. The number of nitrogens with two attached hydrogens (primary N) is 1. The van der Waals surface area contributed by atoms with Gasteiger partial charge in [0.05, 0.1) is 5.37 Å². The minimum Gasteiger partial charge on any atom is -0.480 e. The number of amides is 1. The molecule has 0 aromatic rings. The number of carbonyl (C=O) groups excluding carboxylic acids is 1. The Morgan fingerprint density at radius 1 is 1.59 bits per heavy atom. The molecule has 0 spiro atoms. The summed E-state index contributed by atoms with van der Waals surface area (Å²) in [5, 5.41) is 9.00. The molecule has 17 heavy (non-hydrogen) atoms. The maximum atomic E-state index is 12.0. The van der Waals surface area contributed by atoms with Crippen LogP contribution in [0.1, 0.15) is 26.7 Å². The van der Waals surface area contributed by atoms with Gasteiger partial charge in [-0.25, -0.2) is 4.79 Å². The first-order valence-corrected chi connectivity index (χ1v) is 6.87. The SMILES string of the molecule is CC(CN)CCC(=O)N1C(C)SCC1C(=O)O. The Kier molecular flexibility index (Phi) is 5.27. The third-order valence-corrected chi connectivity index (χ3v) is 4.27. The number of carboxylic acid groups (broad SMARTS) is 1. The van der Waals surface area contributed by atoms with Gasteiger partial charge in [-0.2, -0.15) is 0 Å². The number of hydrogen-bond acceptors (Lipinski definition) is 4. The highest BCUT2D eigenvalue weighted by Crippen LogP contribution is 2.29. The van der Waals surface area contributed by atoms with Crippen LogP contribution >= 0.6 is 11.8 Å². The van der Waals surface area contributed by atoms with E-state index in [1.54, 1.807) is 0 Å². The Morgan fingerprint density at radius 2 is 2.24 bits per heavy atom. The fraction of sp³-hybridized carbons (Fsp3) is 0.818. The van der Waals surface area contributed by atoms with Gasteiger partial charge in [-0.15, -0.1) is 11.8 Å². The molecule has 1 aliphatic heterocycles. The summed E-state index contributed by atoms with van der Waals surface area (Å²) in [5.41, 5.74) is 5.49. The minimum atomic E-state index is -0.915. The normalized spacial score (nSPS) is 25.9. The van der Waals surface area contributed by atoms with E-state index < -0.39 is 12.0 Å².